The van der Waals surface area contributed by atoms with Crippen molar-refractivity contribution in [2.45, 2.75) is 58.9 Å². The van der Waals surface area contributed by atoms with E-state index in [0.717, 1.165) is 62.0 Å². The van der Waals surface area contributed by atoms with Crippen molar-refractivity contribution in [3.63, 3.8) is 0 Å². The van der Waals surface area contributed by atoms with Gasteiger partial charge in [0.15, 0.2) is 5.78 Å². The van der Waals surface area contributed by atoms with Crippen LogP contribution in [0.2, 0.25) is 0 Å². The highest BCUT2D eigenvalue weighted by Gasteiger charge is 2.26. The van der Waals surface area contributed by atoms with Crippen molar-refractivity contribution < 1.29 is 14.7 Å². The highest BCUT2D eigenvalue weighted by molar-refractivity contribution is 5.96. The number of rotatable bonds is 11. The first-order valence-corrected chi connectivity index (χ1v) is 12.6. The molecule has 1 aliphatic carbocycles. The van der Waals surface area contributed by atoms with E-state index in [2.05, 4.69) is 38.8 Å². The van der Waals surface area contributed by atoms with Gasteiger partial charge in [0.05, 0.1) is 5.92 Å². The van der Waals surface area contributed by atoms with Crippen molar-refractivity contribution in [2.24, 2.45) is 11.8 Å². The predicted molar refractivity (Wildman–Crippen MR) is 132 cm³/mol. The van der Waals surface area contributed by atoms with Crippen LogP contribution in [0.5, 0.6) is 0 Å². The molecule has 2 fully saturated rings. The zero-order valence-corrected chi connectivity index (χ0v) is 20.4. The number of ketones is 1. The largest absolute Gasteiger partial charge is 0.481 e. The van der Waals surface area contributed by atoms with Gasteiger partial charge in [-0.1, -0.05) is 25.1 Å². The summed E-state index contributed by atoms with van der Waals surface area (Å²) >= 11 is 0. The molecule has 2 heterocycles. The summed E-state index contributed by atoms with van der Waals surface area (Å²) in [6.07, 6.45) is 6.87. The minimum atomic E-state index is -0.679. The number of aliphatic carboxylic acids is 1. The maximum Gasteiger partial charge on any atom is 0.306 e. The van der Waals surface area contributed by atoms with Gasteiger partial charge in [0, 0.05) is 32.1 Å². The number of nitrogens with zero attached hydrogens (tertiary/aromatic N) is 4. The first-order valence-electron chi connectivity index (χ1n) is 12.6. The standard InChI is InChI=1S/C27H36N4O3/c1-3-10-31(17-20-4-5-20)26-15-24(28-18-29-26)25(32)14-23-7-6-21(13-19(23)2)16-30-11-8-22(9-12-30)27(33)34/h6-7,13,15,18,20,22H,3-5,8-12,14,16-17H2,1-2H3,(H,33,34). The van der Waals surface area contributed by atoms with Gasteiger partial charge in [-0.05, 0) is 74.7 Å². The number of anilines is 1. The van der Waals surface area contributed by atoms with Crippen LogP contribution in [-0.2, 0) is 17.8 Å². The third-order valence-corrected chi connectivity index (χ3v) is 7.03. The monoisotopic (exact) mass is 464 g/mol. The summed E-state index contributed by atoms with van der Waals surface area (Å²) in [7, 11) is 0. The molecule has 182 valence electrons. The lowest BCUT2D eigenvalue weighted by Gasteiger charge is -2.30. The molecule has 1 saturated heterocycles. The summed E-state index contributed by atoms with van der Waals surface area (Å²) in [6, 6.07) is 8.13. The fourth-order valence-electron chi connectivity index (χ4n) is 4.77. The molecule has 1 aromatic heterocycles. The number of piperidine rings is 1. The second-order valence-electron chi connectivity index (χ2n) is 9.90. The van der Waals surface area contributed by atoms with Crippen LogP contribution in [0.15, 0.2) is 30.6 Å². The van der Waals surface area contributed by atoms with E-state index in [4.69, 9.17) is 0 Å². The topological polar surface area (TPSA) is 86.6 Å². The van der Waals surface area contributed by atoms with Crippen LogP contribution < -0.4 is 4.90 Å². The number of benzene rings is 1. The molecule has 0 amide bonds. The van der Waals surface area contributed by atoms with E-state index < -0.39 is 5.97 Å². The van der Waals surface area contributed by atoms with E-state index in [9.17, 15) is 14.7 Å². The highest BCUT2D eigenvalue weighted by atomic mass is 16.4. The van der Waals surface area contributed by atoms with Gasteiger partial charge in [0.2, 0.25) is 0 Å². The van der Waals surface area contributed by atoms with Gasteiger partial charge in [-0.3, -0.25) is 14.5 Å². The van der Waals surface area contributed by atoms with E-state index in [1.165, 1.54) is 24.7 Å². The summed E-state index contributed by atoms with van der Waals surface area (Å²) in [6.45, 7) is 8.59. The summed E-state index contributed by atoms with van der Waals surface area (Å²) in [4.78, 5) is 37.5. The minimum absolute atomic E-state index is 0.0121. The Bertz CT molecular complexity index is 1010. The van der Waals surface area contributed by atoms with Crippen LogP contribution in [0.4, 0.5) is 5.82 Å². The first kappa shape index (κ1) is 24.3. The maximum absolute atomic E-state index is 13.1. The van der Waals surface area contributed by atoms with Gasteiger partial charge in [-0.25, -0.2) is 9.97 Å². The van der Waals surface area contributed by atoms with Crippen molar-refractivity contribution in [3.8, 4) is 0 Å². The molecule has 0 bridgehead atoms. The van der Waals surface area contributed by atoms with Gasteiger partial charge < -0.3 is 10.0 Å². The summed E-state index contributed by atoms with van der Waals surface area (Å²) in [5.41, 5.74) is 3.79. The quantitative estimate of drug-likeness (QED) is 0.500. The van der Waals surface area contributed by atoms with E-state index >= 15 is 0 Å². The Kier molecular flexibility index (Phi) is 7.93. The maximum atomic E-state index is 13.1. The Morgan fingerprint density at radius 1 is 1.12 bits per heavy atom. The number of carbonyl (C=O) groups excluding carboxylic acids is 1. The van der Waals surface area contributed by atoms with Crippen molar-refractivity contribution in [1.29, 1.82) is 0 Å². The average Bonchev–Trinajstić information content (AvgIpc) is 3.65. The van der Waals surface area contributed by atoms with Crippen LogP contribution in [0, 0.1) is 18.8 Å². The van der Waals surface area contributed by atoms with E-state index in [1.807, 2.05) is 19.1 Å². The van der Waals surface area contributed by atoms with Crippen LogP contribution >= 0.6 is 0 Å². The molecule has 0 radical (unpaired) electrons. The van der Waals surface area contributed by atoms with Crippen LogP contribution in [0.25, 0.3) is 0 Å². The molecule has 1 saturated carbocycles. The van der Waals surface area contributed by atoms with E-state index in [-0.39, 0.29) is 11.7 Å². The van der Waals surface area contributed by atoms with Crippen LogP contribution in [0.3, 0.4) is 0 Å². The Hall–Kier alpha value is -2.80. The van der Waals surface area contributed by atoms with Crippen molar-refractivity contribution >= 4 is 17.6 Å². The number of hydrogen-bond donors (Lipinski definition) is 1. The fourth-order valence-corrected chi connectivity index (χ4v) is 4.77. The molecular weight excluding hydrogens is 428 g/mol. The number of aromatic nitrogens is 2. The van der Waals surface area contributed by atoms with Gasteiger partial charge in [-0.15, -0.1) is 0 Å². The summed E-state index contributed by atoms with van der Waals surface area (Å²) < 4.78 is 0. The molecule has 0 spiro atoms. The van der Waals surface area contributed by atoms with Crippen molar-refractivity contribution in [3.05, 3.63) is 53.0 Å². The normalized spacial score (nSPS) is 17.0. The number of carboxylic acid groups (broad SMARTS) is 1. The Morgan fingerprint density at radius 3 is 2.53 bits per heavy atom. The lowest BCUT2D eigenvalue weighted by Crippen LogP contribution is -2.35. The fraction of sp³-hybridized carbons (Fsp3) is 0.556. The van der Waals surface area contributed by atoms with Crippen molar-refractivity contribution in [2.75, 3.05) is 31.1 Å². The number of likely N-dealkylation sites (tertiary alicyclic amines) is 1. The number of aryl methyl sites for hydroxylation is 1. The first-order chi connectivity index (χ1) is 16.4. The molecular formula is C27H36N4O3. The minimum Gasteiger partial charge on any atom is -0.481 e. The third kappa shape index (κ3) is 6.41. The molecule has 34 heavy (non-hydrogen) atoms. The number of hydrogen-bond acceptors (Lipinski definition) is 6. The molecule has 7 heteroatoms. The molecule has 4 rings (SSSR count). The van der Waals surface area contributed by atoms with E-state index in [0.29, 0.717) is 25.0 Å². The zero-order valence-electron chi connectivity index (χ0n) is 20.4. The molecule has 1 aliphatic heterocycles. The molecule has 0 unspecified atom stereocenters. The van der Waals surface area contributed by atoms with Crippen LogP contribution in [-0.4, -0.2) is 57.9 Å². The third-order valence-electron chi connectivity index (χ3n) is 7.03. The smallest absolute Gasteiger partial charge is 0.306 e. The molecule has 2 aromatic rings. The Morgan fingerprint density at radius 2 is 1.88 bits per heavy atom. The lowest BCUT2D eigenvalue weighted by atomic mass is 9.96. The number of carboxylic acids is 1. The number of Topliss-reactive ketones (excluding diaryl/α,β-unsaturated/α-hetero) is 1. The van der Waals surface area contributed by atoms with Gasteiger partial charge >= 0.3 is 5.97 Å². The summed E-state index contributed by atoms with van der Waals surface area (Å²) in [5, 5.41) is 9.18. The molecule has 7 nitrogen and oxygen atoms in total. The van der Waals surface area contributed by atoms with Gasteiger partial charge in [-0.2, -0.15) is 0 Å². The highest BCUT2D eigenvalue weighted by Crippen LogP contribution is 2.31. The zero-order chi connectivity index (χ0) is 24.1. The van der Waals surface area contributed by atoms with Gasteiger partial charge in [0.1, 0.15) is 17.8 Å². The Balaban J connectivity index is 1.37. The van der Waals surface area contributed by atoms with Gasteiger partial charge in [0.25, 0.3) is 0 Å². The molecule has 1 aromatic carbocycles. The van der Waals surface area contributed by atoms with Crippen LogP contribution in [0.1, 0.15) is 66.2 Å². The second kappa shape index (κ2) is 11.1. The van der Waals surface area contributed by atoms with Crippen molar-refractivity contribution in [1.82, 2.24) is 14.9 Å². The second-order valence-corrected chi connectivity index (χ2v) is 9.90. The SMILES string of the molecule is CCCN(CC1CC1)c1cc(C(=O)Cc2ccc(CN3CCC(C(=O)O)CC3)cc2C)ncn1. The van der Waals surface area contributed by atoms with E-state index in [1.54, 1.807) is 0 Å². The lowest BCUT2D eigenvalue weighted by molar-refractivity contribution is -0.143. The summed E-state index contributed by atoms with van der Waals surface area (Å²) in [5.74, 6) is 0.729. The molecule has 1 N–H and O–H groups in total. The number of carbonyl (C=O) groups is 2. The Labute approximate surface area is 202 Å². The molecule has 2 aliphatic rings. The molecule has 0 atom stereocenters. The average molecular weight is 465 g/mol. The predicted octanol–water partition coefficient (Wildman–Crippen LogP) is 4.13.